The summed E-state index contributed by atoms with van der Waals surface area (Å²) in [6, 6.07) is 0. The molecule has 0 aliphatic rings. The Labute approximate surface area is 100 Å². The average Bonchev–Trinajstić information content (AvgIpc) is 2.20. The number of halogens is 9. The van der Waals surface area contributed by atoms with Crippen molar-refractivity contribution in [1.82, 2.24) is 0 Å². The lowest BCUT2D eigenvalue weighted by molar-refractivity contribution is -0.379. The summed E-state index contributed by atoms with van der Waals surface area (Å²) < 4.78 is 115. The monoisotopic (exact) mass is 306 g/mol. The summed E-state index contributed by atoms with van der Waals surface area (Å²) in [4.78, 5) is 0. The van der Waals surface area contributed by atoms with Crippen LogP contribution in [0.4, 0.5) is 39.5 Å². The molecule has 0 heterocycles. The molecule has 114 valence electrons. The van der Waals surface area contributed by atoms with Crippen molar-refractivity contribution in [2.24, 2.45) is 0 Å². The van der Waals surface area contributed by atoms with E-state index >= 15 is 0 Å². The van der Waals surface area contributed by atoms with Crippen LogP contribution in [0.5, 0.6) is 0 Å². The molecule has 0 fully saturated rings. The average molecular weight is 306 g/mol. The Kier molecular flexibility index (Phi) is 4.79. The topological polar surface area (TPSA) is 29.5 Å². The lowest BCUT2D eigenvalue weighted by atomic mass is 9.91. The van der Waals surface area contributed by atoms with E-state index in [1.165, 1.54) is 0 Å². The number of alkyl halides is 9. The fraction of sp³-hybridized carbons (Fsp3) is 0.750. The molecule has 0 aromatic carbocycles. The third kappa shape index (κ3) is 3.07. The first kappa shape index (κ1) is 17.9. The predicted octanol–water partition coefficient (Wildman–Crippen LogP) is 2.98. The molecular formula is C8H7F9O2. The number of aliphatic hydroxyl groups is 1. The first-order chi connectivity index (χ1) is 8.25. The van der Waals surface area contributed by atoms with Crippen molar-refractivity contribution < 1.29 is 49.4 Å². The van der Waals surface area contributed by atoms with E-state index in [4.69, 9.17) is 5.11 Å². The standard InChI is InChI=1S/C8H7F9O2/c1-2-19-4(7(12,13)14)6(10,11)5(18,3-9)8(15,16)17/h2,4,18H,1,3H2. The highest BCUT2D eigenvalue weighted by Gasteiger charge is 2.77. The number of ether oxygens (including phenoxy) is 1. The highest BCUT2D eigenvalue weighted by atomic mass is 19.4. The van der Waals surface area contributed by atoms with Gasteiger partial charge in [-0.05, 0) is 0 Å². The third-order valence-corrected chi connectivity index (χ3v) is 2.07. The number of rotatable bonds is 5. The van der Waals surface area contributed by atoms with Crippen molar-refractivity contribution in [3.8, 4) is 0 Å². The van der Waals surface area contributed by atoms with E-state index in [0.29, 0.717) is 0 Å². The smallest absolute Gasteiger partial charge is 0.431 e. The minimum atomic E-state index is -6.35. The minimum absolute atomic E-state index is 0.193. The van der Waals surface area contributed by atoms with Gasteiger partial charge >= 0.3 is 18.3 Å². The van der Waals surface area contributed by atoms with Crippen LogP contribution in [0.3, 0.4) is 0 Å². The Morgan fingerprint density at radius 2 is 1.47 bits per heavy atom. The van der Waals surface area contributed by atoms with E-state index in [2.05, 4.69) is 11.3 Å². The van der Waals surface area contributed by atoms with Gasteiger partial charge in [0, 0.05) is 0 Å². The van der Waals surface area contributed by atoms with Crippen molar-refractivity contribution in [2.75, 3.05) is 6.67 Å². The Hall–Kier alpha value is -1.13. The van der Waals surface area contributed by atoms with Crippen LogP contribution in [0.15, 0.2) is 12.8 Å². The molecule has 0 aromatic rings. The van der Waals surface area contributed by atoms with Gasteiger partial charge in [0.25, 0.3) is 11.7 Å². The van der Waals surface area contributed by atoms with Gasteiger partial charge in [-0.15, -0.1) is 0 Å². The molecule has 0 aromatic heterocycles. The van der Waals surface area contributed by atoms with Crippen molar-refractivity contribution in [1.29, 1.82) is 0 Å². The van der Waals surface area contributed by atoms with E-state index in [-0.39, 0.29) is 6.26 Å². The Balaban J connectivity index is 5.83. The highest BCUT2D eigenvalue weighted by molar-refractivity contribution is 5.05. The van der Waals surface area contributed by atoms with Gasteiger partial charge in [0.2, 0.25) is 0 Å². The lowest BCUT2D eigenvalue weighted by Gasteiger charge is -2.39. The van der Waals surface area contributed by atoms with Gasteiger partial charge in [-0.2, -0.15) is 35.1 Å². The van der Waals surface area contributed by atoms with Crippen molar-refractivity contribution in [3.05, 3.63) is 12.8 Å². The maximum Gasteiger partial charge on any atom is 0.431 e. The fourth-order valence-electron chi connectivity index (χ4n) is 1.04. The van der Waals surface area contributed by atoms with E-state index in [1.807, 2.05) is 0 Å². The quantitative estimate of drug-likeness (QED) is 0.625. The molecule has 0 bridgehead atoms. The zero-order valence-corrected chi connectivity index (χ0v) is 8.83. The molecule has 1 N–H and O–H groups in total. The summed E-state index contributed by atoms with van der Waals surface area (Å²) in [6.07, 6.45) is -16.9. The molecule has 0 aliphatic carbocycles. The minimum Gasteiger partial charge on any atom is -0.483 e. The van der Waals surface area contributed by atoms with Crippen LogP contribution in [0.1, 0.15) is 0 Å². The molecule has 0 aliphatic heterocycles. The normalized spacial score (nSPS) is 18.6. The van der Waals surface area contributed by atoms with Gasteiger partial charge in [-0.1, -0.05) is 6.58 Å². The molecule has 19 heavy (non-hydrogen) atoms. The van der Waals surface area contributed by atoms with Crippen LogP contribution >= 0.6 is 0 Å². The summed E-state index contributed by atoms with van der Waals surface area (Å²) in [5.41, 5.74) is -5.54. The van der Waals surface area contributed by atoms with Crippen LogP contribution in [0, 0.1) is 0 Å². The van der Waals surface area contributed by atoms with Crippen LogP contribution in [-0.2, 0) is 4.74 Å². The second-order valence-electron chi connectivity index (χ2n) is 3.34. The van der Waals surface area contributed by atoms with Crippen molar-refractivity contribution >= 4 is 0 Å². The first-order valence-electron chi connectivity index (χ1n) is 4.31. The largest absolute Gasteiger partial charge is 0.483 e. The second kappa shape index (κ2) is 5.10. The number of hydrogen-bond acceptors (Lipinski definition) is 2. The molecule has 0 spiro atoms. The maximum atomic E-state index is 13.2. The Morgan fingerprint density at radius 1 is 1.05 bits per heavy atom. The zero-order chi connectivity index (χ0) is 15.7. The SMILES string of the molecule is C=COC(C(F)(F)F)C(F)(F)C(O)(CF)C(F)(F)F. The second-order valence-corrected chi connectivity index (χ2v) is 3.34. The van der Waals surface area contributed by atoms with Crippen LogP contribution in [0.25, 0.3) is 0 Å². The van der Waals surface area contributed by atoms with Gasteiger partial charge in [0.1, 0.15) is 6.67 Å². The van der Waals surface area contributed by atoms with E-state index in [1.54, 1.807) is 0 Å². The fourth-order valence-corrected chi connectivity index (χ4v) is 1.04. The summed E-state index contributed by atoms with van der Waals surface area (Å²) in [5, 5.41) is 8.58. The Morgan fingerprint density at radius 3 is 1.68 bits per heavy atom. The van der Waals surface area contributed by atoms with Gasteiger partial charge in [0.15, 0.2) is 0 Å². The van der Waals surface area contributed by atoms with Crippen molar-refractivity contribution in [2.45, 2.75) is 30.0 Å². The van der Waals surface area contributed by atoms with Gasteiger partial charge in [-0.3, -0.25) is 0 Å². The highest BCUT2D eigenvalue weighted by Crippen LogP contribution is 2.48. The lowest BCUT2D eigenvalue weighted by Crippen LogP contribution is -2.67. The summed E-state index contributed by atoms with van der Waals surface area (Å²) in [7, 11) is 0. The molecule has 2 unspecified atom stereocenters. The summed E-state index contributed by atoms with van der Waals surface area (Å²) in [5.74, 6) is -6.02. The van der Waals surface area contributed by atoms with Crippen LogP contribution in [0.2, 0.25) is 0 Å². The molecule has 2 atom stereocenters. The first-order valence-corrected chi connectivity index (χ1v) is 4.31. The molecule has 11 heteroatoms. The van der Waals surface area contributed by atoms with Gasteiger partial charge in [0.05, 0.1) is 6.26 Å². The van der Waals surface area contributed by atoms with E-state index in [9.17, 15) is 39.5 Å². The maximum absolute atomic E-state index is 13.2. The predicted molar refractivity (Wildman–Crippen MR) is 43.1 cm³/mol. The third-order valence-electron chi connectivity index (χ3n) is 2.07. The zero-order valence-electron chi connectivity index (χ0n) is 8.83. The van der Waals surface area contributed by atoms with Crippen molar-refractivity contribution in [3.63, 3.8) is 0 Å². The molecule has 0 saturated carbocycles. The molecule has 0 rings (SSSR count). The summed E-state index contributed by atoms with van der Waals surface area (Å²) in [6.45, 7) is -0.699. The summed E-state index contributed by atoms with van der Waals surface area (Å²) >= 11 is 0. The number of hydrogen-bond donors (Lipinski definition) is 1. The van der Waals surface area contributed by atoms with Gasteiger partial charge in [-0.25, -0.2) is 4.39 Å². The molecule has 0 saturated heterocycles. The molecule has 0 radical (unpaired) electrons. The van der Waals surface area contributed by atoms with E-state index < -0.39 is 36.7 Å². The van der Waals surface area contributed by atoms with Gasteiger partial charge < -0.3 is 9.84 Å². The molecule has 2 nitrogen and oxygen atoms in total. The molecule has 0 amide bonds. The Bertz CT molecular complexity index is 321. The van der Waals surface area contributed by atoms with E-state index in [0.717, 1.165) is 0 Å². The van der Waals surface area contributed by atoms with Crippen LogP contribution < -0.4 is 0 Å². The van der Waals surface area contributed by atoms with Crippen LogP contribution in [-0.4, -0.2) is 41.8 Å². The molecular weight excluding hydrogens is 299 g/mol.